The number of rotatable bonds is 7. The van der Waals surface area contributed by atoms with E-state index in [1.54, 1.807) is 19.1 Å². The highest BCUT2D eigenvalue weighted by atomic mass is 16.5. The number of amides is 1. The van der Waals surface area contributed by atoms with E-state index in [0.29, 0.717) is 12.4 Å². The van der Waals surface area contributed by atoms with Gasteiger partial charge in [0.1, 0.15) is 11.5 Å². The Balaban J connectivity index is 1.96. The average molecular weight is 313 g/mol. The van der Waals surface area contributed by atoms with Crippen LogP contribution in [0, 0.1) is 0 Å². The number of ether oxygens (including phenoxy) is 2. The molecule has 1 amide bonds. The van der Waals surface area contributed by atoms with E-state index < -0.39 is 6.10 Å². The van der Waals surface area contributed by atoms with Crippen LogP contribution in [-0.4, -0.2) is 18.6 Å². The molecule has 0 radical (unpaired) electrons. The standard InChI is InChI=1S/C19H23NO3/c1-4-15-8-6-7-9-18(15)20-19(21)14(3)23-17-12-10-16(11-13-17)22-5-2/h6-14H,4-5H2,1-3H3,(H,20,21). The molecule has 4 nitrogen and oxygen atoms in total. The highest BCUT2D eigenvalue weighted by Gasteiger charge is 2.16. The molecule has 2 aromatic carbocycles. The predicted molar refractivity (Wildman–Crippen MR) is 92.2 cm³/mol. The van der Waals surface area contributed by atoms with E-state index in [9.17, 15) is 4.79 Å². The zero-order valence-corrected chi connectivity index (χ0v) is 13.8. The first-order valence-electron chi connectivity index (χ1n) is 7.92. The third kappa shape index (κ3) is 4.74. The van der Waals surface area contributed by atoms with Gasteiger partial charge < -0.3 is 14.8 Å². The van der Waals surface area contributed by atoms with Crippen LogP contribution >= 0.6 is 0 Å². The molecule has 0 saturated carbocycles. The van der Waals surface area contributed by atoms with Gasteiger partial charge in [0.05, 0.1) is 6.61 Å². The van der Waals surface area contributed by atoms with Crippen molar-refractivity contribution in [3.63, 3.8) is 0 Å². The van der Waals surface area contributed by atoms with Gasteiger partial charge in [-0.3, -0.25) is 4.79 Å². The van der Waals surface area contributed by atoms with Gasteiger partial charge >= 0.3 is 0 Å². The van der Waals surface area contributed by atoms with Gasteiger partial charge in [-0.05, 0) is 56.2 Å². The van der Waals surface area contributed by atoms with Crippen LogP contribution in [0.4, 0.5) is 5.69 Å². The maximum atomic E-state index is 12.3. The minimum atomic E-state index is -0.585. The first-order valence-corrected chi connectivity index (χ1v) is 7.92. The summed E-state index contributed by atoms with van der Waals surface area (Å²) >= 11 is 0. The Hall–Kier alpha value is -2.49. The molecule has 0 heterocycles. The molecule has 1 N–H and O–H groups in total. The number of nitrogens with one attached hydrogen (secondary N) is 1. The van der Waals surface area contributed by atoms with Crippen molar-refractivity contribution in [1.82, 2.24) is 0 Å². The molecule has 4 heteroatoms. The monoisotopic (exact) mass is 313 g/mol. The van der Waals surface area contributed by atoms with E-state index in [1.807, 2.05) is 43.3 Å². The Labute approximate surface area is 137 Å². The summed E-state index contributed by atoms with van der Waals surface area (Å²) < 4.78 is 11.1. The van der Waals surface area contributed by atoms with Crippen molar-refractivity contribution in [2.75, 3.05) is 11.9 Å². The molecule has 1 atom stereocenters. The van der Waals surface area contributed by atoms with Gasteiger partial charge in [-0.15, -0.1) is 0 Å². The normalized spacial score (nSPS) is 11.6. The summed E-state index contributed by atoms with van der Waals surface area (Å²) in [6.45, 7) is 6.35. The van der Waals surface area contributed by atoms with Gasteiger partial charge in [-0.25, -0.2) is 0 Å². The molecule has 23 heavy (non-hydrogen) atoms. The Morgan fingerprint density at radius 3 is 2.35 bits per heavy atom. The summed E-state index contributed by atoms with van der Waals surface area (Å²) in [5, 5.41) is 2.92. The highest BCUT2D eigenvalue weighted by molar-refractivity contribution is 5.94. The number of carbonyl (C=O) groups is 1. The summed E-state index contributed by atoms with van der Waals surface area (Å²) in [5.74, 6) is 1.26. The van der Waals surface area contributed by atoms with E-state index in [1.165, 1.54) is 0 Å². The van der Waals surface area contributed by atoms with E-state index in [2.05, 4.69) is 12.2 Å². The molecule has 0 aliphatic carbocycles. The summed E-state index contributed by atoms with van der Waals surface area (Å²) in [4.78, 5) is 12.3. The van der Waals surface area contributed by atoms with Crippen LogP contribution in [0.15, 0.2) is 48.5 Å². The Bertz CT molecular complexity index is 637. The maximum Gasteiger partial charge on any atom is 0.265 e. The lowest BCUT2D eigenvalue weighted by Gasteiger charge is -2.16. The lowest BCUT2D eigenvalue weighted by Crippen LogP contribution is -2.30. The minimum Gasteiger partial charge on any atom is -0.494 e. The molecule has 2 rings (SSSR count). The predicted octanol–water partition coefficient (Wildman–Crippen LogP) is 4.05. The molecule has 0 bridgehead atoms. The van der Waals surface area contributed by atoms with Crippen LogP contribution in [0.5, 0.6) is 11.5 Å². The van der Waals surface area contributed by atoms with Crippen LogP contribution in [0.3, 0.4) is 0 Å². The molecular weight excluding hydrogens is 290 g/mol. The Morgan fingerprint density at radius 2 is 1.70 bits per heavy atom. The number of carbonyl (C=O) groups excluding carboxylic acids is 1. The number of para-hydroxylation sites is 1. The van der Waals surface area contributed by atoms with Crippen molar-refractivity contribution in [3.05, 3.63) is 54.1 Å². The van der Waals surface area contributed by atoms with Crippen LogP contribution in [0.1, 0.15) is 26.3 Å². The van der Waals surface area contributed by atoms with E-state index >= 15 is 0 Å². The largest absolute Gasteiger partial charge is 0.494 e. The summed E-state index contributed by atoms with van der Waals surface area (Å²) in [7, 11) is 0. The highest BCUT2D eigenvalue weighted by Crippen LogP contribution is 2.20. The first-order chi connectivity index (χ1) is 11.1. The van der Waals surface area contributed by atoms with Gasteiger partial charge in [0.15, 0.2) is 6.10 Å². The van der Waals surface area contributed by atoms with Crippen molar-refractivity contribution < 1.29 is 14.3 Å². The molecule has 0 aromatic heterocycles. The van der Waals surface area contributed by atoms with Gasteiger partial charge in [0.2, 0.25) is 0 Å². The summed E-state index contributed by atoms with van der Waals surface area (Å²) in [6.07, 6.45) is 0.280. The first kappa shape index (κ1) is 16.9. The van der Waals surface area contributed by atoms with Gasteiger partial charge in [-0.2, -0.15) is 0 Å². The van der Waals surface area contributed by atoms with Gasteiger partial charge in [0.25, 0.3) is 5.91 Å². The second kappa shape index (κ2) is 8.22. The summed E-state index contributed by atoms with van der Waals surface area (Å²) in [5.41, 5.74) is 1.94. The second-order valence-electron chi connectivity index (χ2n) is 5.16. The quantitative estimate of drug-likeness (QED) is 0.838. The number of aryl methyl sites for hydroxylation is 1. The number of hydrogen-bond acceptors (Lipinski definition) is 3. The fourth-order valence-corrected chi connectivity index (χ4v) is 2.22. The lowest BCUT2D eigenvalue weighted by atomic mass is 10.1. The second-order valence-corrected chi connectivity index (χ2v) is 5.16. The van der Waals surface area contributed by atoms with Gasteiger partial charge in [0, 0.05) is 5.69 Å². The molecule has 0 saturated heterocycles. The molecule has 0 spiro atoms. The SMILES string of the molecule is CCOc1ccc(OC(C)C(=O)Nc2ccccc2CC)cc1. The maximum absolute atomic E-state index is 12.3. The van der Waals surface area contributed by atoms with Crippen LogP contribution in [0.25, 0.3) is 0 Å². The van der Waals surface area contributed by atoms with Crippen molar-refractivity contribution in [1.29, 1.82) is 0 Å². The number of anilines is 1. The van der Waals surface area contributed by atoms with Crippen molar-refractivity contribution in [3.8, 4) is 11.5 Å². The van der Waals surface area contributed by atoms with E-state index in [0.717, 1.165) is 23.4 Å². The Morgan fingerprint density at radius 1 is 1.04 bits per heavy atom. The fraction of sp³-hybridized carbons (Fsp3) is 0.316. The van der Waals surface area contributed by atoms with Crippen molar-refractivity contribution >= 4 is 11.6 Å². The zero-order valence-electron chi connectivity index (χ0n) is 13.8. The van der Waals surface area contributed by atoms with Gasteiger partial charge in [-0.1, -0.05) is 25.1 Å². The topological polar surface area (TPSA) is 47.6 Å². The number of benzene rings is 2. The zero-order chi connectivity index (χ0) is 16.7. The molecule has 122 valence electrons. The molecule has 2 aromatic rings. The van der Waals surface area contributed by atoms with E-state index in [-0.39, 0.29) is 5.91 Å². The molecule has 0 aliphatic heterocycles. The molecule has 0 fully saturated rings. The third-order valence-corrected chi connectivity index (χ3v) is 3.47. The summed E-state index contributed by atoms with van der Waals surface area (Å²) in [6, 6.07) is 15.0. The average Bonchev–Trinajstić information content (AvgIpc) is 2.57. The van der Waals surface area contributed by atoms with E-state index in [4.69, 9.17) is 9.47 Å². The smallest absolute Gasteiger partial charge is 0.265 e. The van der Waals surface area contributed by atoms with Crippen LogP contribution in [-0.2, 0) is 11.2 Å². The van der Waals surface area contributed by atoms with Crippen molar-refractivity contribution in [2.45, 2.75) is 33.3 Å². The lowest BCUT2D eigenvalue weighted by molar-refractivity contribution is -0.122. The van der Waals surface area contributed by atoms with Crippen LogP contribution in [0.2, 0.25) is 0 Å². The molecule has 1 unspecified atom stereocenters. The Kier molecular flexibility index (Phi) is 6.03. The molecular formula is C19H23NO3. The van der Waals surface area contributed by atoms with Crippen molar-refractivity contribution in [2.24, 2.45) is 0 Å². The minimum absolute atomic E-state index is 0.167. The fourth-order valence-electron chi connectivity index (χ4n) is 2.22. The molecule has 0 aliphatic rings. The number of hydrogen-bond donors (Lipinski definition) is 1. The van der Waals surface area contributed by atoms with Crippen LogP contribution < -0.4 is 14.8 Å². The third-order valence-electron chi connectivity index (χ3n) is 3.47.